The smallest absolute Gasteiger partial charge is 0.230 e. The summed E-state index contributed by atoms with van der Waals surface area (Å²) in [5, 5.41) is 15.4. The van der Waals surface area contributed by atoms with Crippen molar-refractivity contribution in [2.24, 2.45) is 0 Å². The lowest BCUT2D eigenvalue weighted by atomic mass is 10.0. The Morgan fingerprint density at radius 1 is 1.21 bits per heavy atom. The van der Waals surface area contributed by atoms with Crippen LogP contribution < -0.4 is 4.74 Å². The summed E-state index contributed by atoms with van der Waals surface area (Å²) >= 11 is 1.46. The molecule has 4 aromatic rings. The van der Waals surface area contributed by atoms with Gasteiger partial charge in [0.2, 0.25) is 16.7 Å². The predicted octanol–water partition coefficient (Wildman–Crippen LogP) is 3.95. The van der Waals surface area contributed by atoms with Gasteiger partial charge in [-0.05, 0) is 55.8 Å². The minimum absolute atomic E-state index is 0.0573. The van der Waals surface area contributed by atoms with Crippen molar-refractivity contribution in [3.05, 3.63) is 53.1 Å². The number of benzene rings is 1. The molecule has 0 amide bonds. The Labute approximate surface area is 165 Å². The first-order valence-electron chi connectivity index (χ1n) is 9.25. The molecule has 0 spiro atoms. The average molecular weight is 396 g/mol. The Morgan fingerprint density at radius 2 is 2.07 bits per heavy atom. The maximum Gasteiger partial charge on any atom is 0.230 e. The van der Waals surface area contributed by atoms with Crippen LogP contribution in [0.2, 0.25) is 0 Å². The van der Waals surface area contributed by atoms with Crippen LogP contribution in [0.1, 0.15) is 29.3 Å². The first-order valence-corrected chi connectivity index (χ1v) is 10.1. The fourth-order valence-corrected chi connectivity index (χ4v) is 4.89. The fraction of sp³-hybridized carbons (Fsp3) is 0.300. The molecule has 0 saturated carbocycles. The summed E-state index contributed by atoms with van der Waals surface area (Å²) in [6, 6.07) is 11.6. The van der Waals surface area contributed by atoms with Crippen molar-refractivity contribution < 1.29 is 14.3 Å². The number of fused-ring (bicyclic) bond motifs is 1. The van der Waals surface area contributed by atoms with Crippen LogP contribution in [0, 0.1) is 0 Å². The number of likely N-dealkylation sites (tertiary alicyclic amines) is 1. The zero-order valence-corrected chi connectivity index (χ0v) is 16.2. The van der Waals surface area contributed by atoms with E-state index in [1.807, 2.05) is 18.2 Å². The summed E-state index contributed by atoms with van der Waals surface area (Å²) in [4.78, 5) is 8.43. The number of aromatic hydroxyl groups is 1. The molecule has 0 aliphatic carbocycles. The number of hydrogen-bond acceptors (Lipinski definition) is 7. The van der Waals surface area contributed by atoms with Crippen molar-refractivity contribution in [2.75, 3.05) is 20.2 Å². The van der Waals surface area contributed by atoms with Gasteiger partial charge in [0.1, 0.15) is 5.75 Å². The maximum absolute atomic E-state index is 11.0. The first kappa shape index (κ1) is 17.3. The monoisotopic (exact) mass is 396 g/mol. The van der Waals surface area contributed by atoms with E-state index in [2.05, 4.69) is 21.0 Å². The number of rotatable bonds is 5. The Hall–Kier alpha value is -2.84. The molecular formula is C20H20N4O3S. The molecule has 0 bridgehead atoms. The van der Waals surface area contributed by atoms with Gasteiger partial charge in [-0.1, -0.05) is 23.5 Å². The van der Waals surface area contributed by atoms with Crippen molar-refractivity contribution >= 4 is 16.3 Å². The fourth-order valence-electron chi connectivity index (χ4n) is 3.78. The van der Waals surface area contributed by atoms with Gasteiger partial charge >= 0.3 is 0 Å². The molecule has 1 aliphatic rings. The van der Waals surface area contributed by atoms with Gasteiger partial charge in [0, 0.05) is 0 Å². The van der Waals surface area contributed by atoms with Crippen LogP contribution in [0.15, 0.2) is 47.1 Å². The van der Waals surface area contributed by atoms with Gasteiger partial charge in [-0.2, -0.15) is 9.50 Å². The second-order valence-electron chi connectivity index (χ2n) is 6.82. The van der Waals surface area contributed by atoms with Gasteiger partial charge in [-0.3, -0.25) is 4.90 Å². The van der Waals surface area contributed by atoms with E-state index in [-0.39, 0.29) is 11.9 Å². The van der Waals surface area contributed by atoms with Gasteiger partial charge < -0.3 is 14.3 Å². The second-order valence-corrected chi connectivity index (χ2v) is 7.83. The van der Waals surface area contributed by atoms with Crippen LogP contribution in [0.25, 0.3) is 16.5 Å². The van der Waals surface area contributed by atoms with E-state index in [1.54, 1.807) is 25.5 Å². The quantitative estimate of drug-likeness (QED) is 0.550. The molecule has 3 aromatic heterocycles. The molecule has 4 heterocycles. The summed E-state index contributed by atoms with van der Waals surface area (Å²) in [7, 11) is 1.67. The Kier molecular flexibility index (Phi) is 4.29. The van der Waals surface area contributed by atoms with Gasteiger partial charge in [-0.25, -0.2) is 0 Å². The van der Waals surface area contributed by atoms with Crippen LogP contribution in [-0.2, 0) is 0 Å². The summed E-state index contributed by atoms with van der Waals surface area (Å²) in [5.41, 5.74) is 1.09. The van der Waals surface area contributed by atoms with Crippen LogP contribution in [0.4, 0.5) is 0 Å². The Bertz CT molecular complexity index is 1100. The number of ether oxygens (including phenoxy) is 1. The van der Waals surface area contributed by atoms with Gasteiger partial charge in [-0.15, -0.1) is 5.10 Å². The van der Waals surface area contributed by atoms with Gasteiger partial charge in [0.25, 0.3) is 0 Å². The molecule has 1 aliphatic heterocycles. The molecular weight excluding hydrogens is 376 g/mol. The van der Waals surface area contributed by atoms with Crippen molar-refractivity contribution in [2.45, 2.75) is 18.9 Å². The van der Waals surface area contributed by atoms with Gasteiger partial charge in [0.15, 0.2) is 5.76 Å². The van der Waals surface area contributed by atoms with Crippen molar-refractivity contribution in [1.29, 1.82) is 0 Å². The maximum atomic E-state index is 11.0. The molecule has 0 radical (unpaired) electrons. The van der Waals surface area contributed by atoms with Crippen molar-refractivity contribution in [3.63, 3.8) is 0 Å². The summed E-state index contributed by atoms with van der Waals surface area (Å²) in [6.07, 6.45) is 3.90. The zero-order chi connectivity index (χ0) is 19.1. The molecule has 28 heavy (non-hydrogen) atoms. The molecule has 1 atom stereocenters. The van der Waals surface area contributed by atoms with Crippen LogP contribution in [-0.4, -0.2) is 44.8 Å². The summed E-state index contributed by atoms with van der Waals surface area (Å²) in [5.74, 6) is 1.99. The van der Waals surface area contributed by atoms with E-state index in [0.29, 0.717) is 16.5 Å². The van der Waals surface area contributed by atoms with Crippen molar-refractivity contribution in [1.82, 2.24) is 19.5 Å². The predicted molar refractivity (Wildman–Crippen MR) is 106 cm³/mol. The van der Waals surface area contributed by atoms with E-state index < -0.39 is 0 Å². The largest absolute Gasteiger partial charge is 0.497 e. The third-order valence-corrected chi connectivity index (χ3v) is 6.18. The highest BCUT2D eigenvalue weighted by atomic mass is 32.1. The molecule has 7 nitrogen and oxygen atoms in total. The molecule has 8 heteroatoms. The number of aromatic nitrogens is 3. The lowest BCUT2D eigenvalue weighted by Crippen LogP contribution is -2.26. The van der Waals surface area contributed by atoms with E-state index in [4.69, 9.17) is 9.15 Å². The minimum atomic E-state index is -0.0573. The molecule has 144 valence electrons. The van der Waals surface area contributed by atoms with Crippen LogP contribution in [0.5, 0.6) is 11.6 Å². The lowest BCUT2D eigenvalue weighted by molar-refractivity contribution is 0.276. The molecule has 1 N–H and O–H groups in total. The first-order chi connectivity index (χ1) is 13.7. The standard InChI is InChI=1S/C20H20N4O3S/c1-26-14-7-4-6-13(12-14)16(23-9-2-3-10-23)17-19(25)24-20(28-17)21-18(22-24)15-8-5-11-27-15/h4-8,11-12,16,25H,2-3,9-10H2,1H3/t16-/m0/s1. The molecule has 1 saturated heterocycles. The summed E-state index contributed by atoms with van der Waals surface area (Å²) in [6.45, 7) is 1.99. The highest BCUT2D eigenvalue weighted by molar-refractivity contribution is 7.17. The number of hydrogen-bond donors (Lipinski definition) is 1. The van der Waals surface area contributed by atoms with E-state index >= 15 is 0 Å². The Balaban J connectivity index is 1.61. The topological polar surface area (TPSA) is 76.0 Å². The minimum Gasteiger partial charge on any atom is -0.497 e. The number of nitrogens with zero attached hydrogens (tertiary/aromatic N) is 4. The molecule has 1 aromatic carbocycles. The van der Waals surface area contributed by atoms with E-state index in [9.17, 15) is 5.11 Å². The number of methoxy groups -OCH3 is 1. The van der Waals surface area contributed by atoms with E-state index in [1.165, 1.54) is 15.9 Å². The third kappa shape index (κ3) is 2.85. The SMILES string of the molecule is COc1cccc([C@@H](c2sc3nc(-c4ccco4)nn3c2O)N2CCCC2)c1. The van der Waals surface area contributed by atoms with Gasteiger partial charge in [0.05, 0.1) is 24.3 Å². The van der Waals surface area contributed by atoms with Crippen LogP contribution in [0.3, 0.4) is 0 Å². The summed E-state index contributed by atoms with van der Waals surface area (Å²) < 4.78 is 12.3. The number of furan rings is 1. The van der Waals surface area contributed by atoms with Crippen LogP contribution >= 0.6 is 11.3 Å². The highest BCUT2D eigenvalue weighted by Gasteiger charge is 2.31. The third-order valence-electron chi connectivity index (χ3n) is 5.10. The second kappa shape index (κ2) is 6.96. The molecule has 1 fully saturated rings. The average Bonchev–Trinajstić information content (AvgIpc) is 3.50. The van der Waals surface area contributed by atoms with E-state index in [0.717, 1.165) is 42.1 Å². The zero-order valence-electron chi connectivity index (χ0n) is 15.4. The Morgan fingerprint density at radius 3 is 2.79 bits per heavy atom. The molecule has 5 rings (SSSR count). The van der Waals surface area contributed by atoms with Crippen molar-refractivity contribution in [3.8, 4) is 23.2 Å². The number of thiazole rings is 1. The normalized spacial score (nSPS) is 16.0. The highest BCUT2D eigenvalue weighted by Crippen LogP contribution is 2.42. The molecule has 0 unspecified atom stereocenters. The lowest BCUT2D eigenvalue weighted by Gasteiger charge is -2.27.